The number of carbonyl (C=O) groups excluding carboxylic acids is 2. The van der Waals surface area contributed by atoms with Gasteiger partial charge < -0.3 is 21.5 Å². The number of rotatable bonds is 7. The molecule has 0 aliphatic carbocycles. The zero-order chi connectivity index (χ0) is 26.5. The van der Waals surface area contributed by atoms with Gasteiger partial charge in [0.25, 0.3) is 11.8 Å². The van der Waals surface area contributed by atoms with Gasteiger partial charge >= 0.3 is 0 Å². The van der Waals surface area contributed by atoms with Crippen LogP contribution in [0.3, 0.4) is 0 Å². The number of nitrogen functional groups attached to an aromatic ring is 1. The highest BCUT2D eigenvalue weighted by Gasteiger charge is 2.18. The van der Waals surface area contributed by atoms with Crippen molar-refractivity contribution in [1.82, 2.24) is 10.3 Å². The zero-order valence-corrected chi connectivity index (χ0v) is 21.1. The maximum Gasteiger partial charge on any atom is 0.286 e. The third-order valence-corrected chi connectivity index (χ3v) is 5.64. The summed E-state index contributed by atoms with van der Waals surface area (Å²) in [5.74, 6) is -1.38. The van der Waals surface area contributed by atoms with E-state index in [4.69, 9.17) is 5.73 Å². The Bertz CT molecular complexity index is 1320. The molecule has 3 aromatic rings. The average Bonchev–Trinajstić information content (AvgIpc) is 2.83. The summed E-state index contributed by atoms with van der Waals surface area (Å²) in [6, 6.07) is 14.3. The summed E-state index contributed by atoms with van der Waals surface area (Å²) >= 11 is 0. The number of allylic oxidation sites excluding steroid dienone is 2. The van der Waals surface area contributed by atoms with Crippen LogP contribution in [0.1, 0.15) is 53.4 Å². The highest BCUT2D eigenvalue weighted by molar-refractivity contribution is 6.05. The summed E-state index contributed by atoms with van der Waals surface area (Å²) in [4.78, 5) is 29.3. The second-order valence-corrected chi connectivity index (χ2v) is 9.68. The largest absolute Gasteiger partial charge is 0.503 e. The molecule has 0 radical (unpaired) electrons. The molecule has 7 heteroatoms. The van der Waals surface area contributed by atoms with E-state index >= 15 is 0 Å². The Labute approximate surface area is 211 Å². The van der Waals surface area contributed by atoms with Gasteiger partial charge in [0.2, 0.25) is 0 Å². The van der Waals surface area contributed by atoms with Crippen molar-refractivity contribution in [3.05, 3.63) is 107 Å². The summed E-state index contributed by atoms with van der Waals surface area (Å²) in [7, 11) is 0. The Kier molecular flexibility index (Phi) is 7.94. The van der Waals surface area contributed by atoms with Crippen molar-refractivity contribution in [1.29, 1.82) is 0 Å². The summed E-state index contributed by atoms with van der Waals surface area (Å²) in [6.07, 6.45) is 4.58. The van der Waals surface area contributed by atoms with Crippen LogP contribution in [-0.2, 0) is 16.8 Å². The van der Waals surface area contributed by atoms with Crippen molar-refractivity contribution in [2.24, 2.45) is 0 Å². The van der Waals surface area contributed by atoms with Gasteiger partial charge in [-0.15, -0.1) is 0 Å². The molecule has 7 nitrogen and oxygen atoms in total. The number of pyridine rings is 1. The van der Waals surface area contributed by atoms with Crippen molar-refractivity contribution in [3.8, 4) is 0 Å². The minimum absolute atomic E-state index is 0.155. The molecule has 0 bridgehead atoms. The number of hydrogen-bond acceptors (Lipinski definition) is 5. The zero-order valence-electron chi connectivity index (χ0n) is 21.1. The fourth-order valence-electron chi connectivity index (χ4n) is 3.55. The molecular formula is C29H32N4O3. The van der Waals surface area contributed by atoms with Gasteiger partial charge in [0, 0.05) is 35.9 Å². The number of aromatic nitrogens is 1. The smallest absolute Gasteiger partial charge is 0.286 e. The van der Waals surface area contributed by atoms with Crippen LogP contribution in [0.15, 0.2) is 79.3 Å². The van der Waals surface area contributed by atoms with Gasteiger partial charge in [0.15, 0.2) is 5.76 Å². The van der Waals surface area contributed by atoms with E-state index in [0.29, 0.717) is 28.1 Å². The molecule has 3 rings (SSSR count). The number of carbonyl (C=O) groups is 2. The van der Waals surface area contributed by atoms with E-state index in [1.165, 1.54) is 6.08 Å². The summed E-state index contributed by atoms with van der Waals surface area (Å²) in [5, 5.41) is 15.8. The van der Waals surface area contributed by atoms with Gasteiger partial charge in [-0.2, -0.15) is 0 Å². The normalized spacial score (nSPS) is 11.6. The topological polar surface area (TPSA) is 117 Å². The molecule has 5 N–H and O–H groups in total. The van der Waals surface area contributed by atoms with Gasteiger partial charge in [-0.3, -0.25) is 14.6 Å². The van der Waals surface area contributed by atoms with E-state index in [1.807, 2.05) is 31.2 Å². The van der Waals surface area contributed by atoms with Gasteiger partial charge in [-0.05, 0) is 82.6 Å². The molecule has 1 heterocycles. The van der Waals surface area contributed by atoms with Crippen LogP contribution >= 0.6 is 0 Å². The molecule has 2 aromatic carbocycles. The number of nitrogens with two attached hydrogens (primary N) is 1. The van der Waals surface area contributed by atoms with E-state index in [2.05, 4.69) is 43.0 Å². The Balaban J connectivity index is 1.74. The molecule has 0 fully saturated rings. The SMILES string of the molecule is C=C(/C=C(\O)C(=O)NCc1cccnc1)c1cc(NC(=O)c2cc(N)cc(C(C)(C)C)c2)ccc1C. The molecule has 186 valence electrons. The van der Waals surface area contributed by atoms with Crippen molar-refractivity contribution in [3.63, 3.8) is 0 Å². The van der Waals surface area contributed by atoms with Crippen LogP contribution in [0, 0.1) is 6.92 Å². The van der Waals surface area contributed by atoms with Crippen LogP contribution < -0.4 is 16.4 Å². The molecule has 0 aliphatic heterocycles. The molecular weight excluding hydrogens is 452 g/mol. The van der Waals surface area contributed by atoms with E-state index in [0.717, 1.165) is 16.7 Å². The number of amides is 2. The standard InChI is InChI=1S/C29H32N4O3/c1-18-8-9-24(33-27(35)21-12-22(29(3,4)5)14-23(30)13-21)15-25(18)19(2)11-26(34)28(36)32-17-20-7-6-10-31-16-20/h6-16,34H,2,17,30H2,1,3-5H3,(H,32,36)(H,33,35)/b26-11-. The second-order valence-electron chi connectivity index (χ2n) is 9.68. The van der Waals surface area contributed by atoms with Crippen LogP contribution in [0.2, 0.25) is 0 Å². The first-order valence-electron chi connectivity index (χ1n) is 11.5. The number of aryl methyl sites for hydroxylation is 1. The Morgan fingerprint density at radius 1 is 1.14 bits per heavy atom. The summed E-state index contributed by atoms with van der Waals surface area (Å²) < 4.78 is 0. The first-order valence-corrected chi connectivity index (χ1v) is 11.5. The first kappa shape index (κ1) is 26.2. The number of anilines is 2. The average molecular weight is 485 g/mol. The number of aliphatic hydroxyl groups excluding tert-OH is 1. The highest BCUT2D eigenvalue weighted by atomic mass is 16.3. The number of aliphatic hydroxyl groups is 1. The number of hydrogen-bond donors (Lipinski definition) is 4. The lowest BCUT2D eigenvalue weighted by Crippen LogP contribution is -2.24. The Morgan fingerprint density at radius 2 is 1.89 bits per heavy atom. The quantitative estimate of drug-likeness (QED) is 0.157. The summed E-state index contributed by atoms with van der Waals surface area (Å²) in [5.41, 5.74) is 11.2. The van der Waals surface area contributed by atoms with Crippen molar-refractivity contribution < 1.29 is 14.7 Å². The number of benzene rings is 2. The van der Waals surface area contributed by atoms with Gasteiger partial charge in [0.05, 0.1) is 0 Å². The number of nitrogens with zero attached hydrogens (tertiary/aromatic N) is 1. The Hall–Kier alpha value is -4.39. The van der Waals surface area contributed by atoms with E-state index < -0.39 is 11.7 Å². The van der Waals surface area contributed by atoms with Crippen molar-refractivity contribution >= 4 is 28.8 Å². The Morgan fingerprint density at radius 3 is 2.56 bits per heavy atom. The lowest BCUT2D eigenvalue weighted by molar-refractivity contribution is -0.120. The predicted molar refractivity (Wildman–Crippen MR) is 145 cm³/mol. The lowest BCUT2D eigenvalue weighted by Gasteiger charge is -2.20. The van der Waals surface area contributed by atoms with Crippen LogP contribution in [0.4, 0.5) is 11.4 Å². The minimum Gasteiger partial charge on any atom is -0.503 e. The molecule has 0 aliphatic rings. The molecule has 1 aromatic heterocycles. The predicted octanol–water partition coefficient (Wildman–Crippen LogP) is 5.29. The first-order chi connectivity index (χ1) is 16.9. The molecule has 0 saturated carbocycles. The molecule has 0 saturated heterocycles. The maximum absolute atomic E-state index is 13.0. The van der Waals surface area contributed by atoms with Crippen LogP contribution in [0.5, 0.6) is 0 Å². The minimum atomic E-state index is -0.626. The fourth-order valence-corrected chi connectivity index (χ4v) is 3.55. The fraction of sp³-hybridized carbons (Fsp3) is 0.207. The van der Waals surface area contributed by atoms with Gasteiger partial charge in [0.1, 0.15) is 0 Å². The van der Waals surface area contributed by atoms with Crippen molar-refractivity contribution in [2.75, 3.05) is 11.1 Å². The van der Waals surface area contributed by atoms with Gasteiger partial charge in [-0.1, -0.05) is 39.5 Å². The number of nitrogens with one attached hydrogen (secondary N) is 2. The van der Waals surface area contributed by atoms with E-state index in [9.17, 15) is 14.7 Å². The highest BCUT2D eigenvalue weighted by Crippen LogP contribution is 2.27. The third kappa shape index (κ3) is 6.82. The van der Waals surface area contributed by atoms with Gasteiger partial charge in [-0.25, -0.2) is 0 Å². The third-order valence-electron chi connectivity index (χ3n) is 5.64. The molecule has 0 atom stereocenters. The van der Waals surface area contributed by atoms with Crippen LogP contribution in [-0.4, -0.2) is 21.9 Å². The molecule has 0 unspecified atom stereocenters. The maximum atomic E-state index is 13.0. The lowest BCUT2D eigenvalue weighted by atomic mass is 9.85. The molecule has 2 amide bonds. The van der Waals surface area contributed by atoms with E-state index in [-0.39, 0.29) is 17.9 Å². The molecule has 36 heavy (non-hydrogen) atoms. The second kappa shape index (κ2) is 10.9. The molecule has 0 spiro atoms. The summed E-state index contributed by atoms with van der Waals surface area (Å²) in [6.45, 7) is 12.3. The van der Waals surface area contributed by atoms with Crippen molar-refractivity contribution in [2.45, 2.75) is 39.7 Å². The van der Waals surface area contributed by atoms with Crippen LogP contribution in [0.25, 0.3) is 5.57 Å². The monoisotopic (exact) mass is 484 g/mol. The van der Waals surface area contributed by atoms with E-state index in [1.54, 1.807) is 36.7 Å².